The number of amides is 2. The standard InChI is InChI=1S/C17H21F2N3O3/c18-13-3-1-2-12(16(13)19)11-22-5-4-20-17(24)14(22)10-15(23)21-6-8-25-9-7-21/h1-3,14H,4-11H2,(H,20,24)/t14-/m0/s1. The molecule has 1 N–H and O–H groups in total. The van der Waals surface area contributed by atoms with E-state index in [1.54, 1.807) is 9.80 Å². The predicted molar refractivity (Wildman–Crippen MR) is 85.6 cm³/mol. The number of carbonyl (C=O) groups is 2. The molecule has 0 radical (unpaired) electrons. The lowest BCUT2D eigenvalue weighted by Crippen LogP contribution is -2.56. The molecule has 2 saturated heterocycles. The van der Waals surface area contributed by atoms with E-state index in [9.17, 15) is 18.4 Å². The maximum absolute atomic E-state index is 13.9. The summed E-state index contributed by atoms with van der Waals surface area (Å²) in [7, 11) is 0. The van der Waals surface area contributed by atoms with Gasteiger partial charge in [-0.1, -0.05) is 12.1 Å². The van der Waals surface area contributed by atoms with E-state index < -0.39 is 17.7 Å². The molecule has 0 unspecified atom stereocenters. The zero-order chi connectivity index (χ0) is 17.8. The van der Waals surface area contributed by atoms with Gasteiger partial charge in [-0.3, -0.25) is 14.5 Å². The second kappa shape index (κ2) is 7.88. The number of rotatable bonds is 4. The lowest BCUT2D eigenvalue weighted by molar-refractivity contribution is -0.141. The number of nitrogens with zero attached hydrogens (tertiary/aromatic N) is 2. The topological polar surface area (TPSA) is 61.9 Å². The fourth-order valence-electron chi connectivity index (χ4n) is 3.17. The zero-order valence-electron chi connectivity index (χ0n) is 13.8. The van der Waals surface area contributed by atoms with Gasteiger partial charge in [0.05, 0.1) is 25.7 Å². The Labute approximate surface area is 144 Å². The number of morpholine rings is 1. The molecule has 0 aliphatic carbocycles. The summed E-state index contributed by atoms with van der Waals surface area (Å²) in [5.41, 5.74) is 0.179. The van der Waals surface area contributed by atoms with Gasteiger partial charge in [-0.05, 0) is 6.07 Å². The smallest absolute Gasteiger partial charge is 0.237 e. The molecule has 0 saturated carbocycles. The SMILES string of the molecule is O=C1NCCN(Cc2cccc(F)c2F)[C@H]1CC(=O)N1CCOCC1. The molecule has 2 aliphatic heterocycles. The molecular weight excluding hydrogens is 332 g/mol. The summed E-state index contributed by atoms with van der Waals surface area (Å²) in [5.74, 6) is -2.22. The van der Waals surface area contributed by atoms with Crippen LogP contribution in [0.15, 0.2) is 18.2 Å². The molecule has 0 aromatic heterocycles. The first-order valence-corrected chi connectivity index (χ1v) is 8.36. The van der Waals surface area contributed by atoms with E-state index in [-0.39, 0.29) is 30.3 Å². The van der Waals surface area contributed by atoms with Gasteiger partial charge in [-0.2, -0.15) is 0 Å². The minimum Gasteiger partial charge on any atom is -0.378 e. The highest BCUT2D eigenvalue weighted by Gasteiger charge is 2.33. The maximum atomic E-state index is 13.9. The fourth-order valence-corrected chi connectivity index (χ4v) is 3.17. The van der Waals surface area contributed by atoms with Gasteiger partial charge >= 0.3 is 0 Å². The van der Waals surface area contributed by atoms with Gasteiger partial charge in [-0.15, -0.1) is 0 Å². The van der Waals surface area contributed by atoms with Crippen molar-refractivity contribution < 1.29 is 23.1 Å². The van der Waals surface area contributed by atoms with E-state index >= 15 is 0 Å². The minimum absolute atomic E-state index is 0.0166. The van der Waals surface area contributed by atoms with E-state index in [1.807, 2.05) is 0 Å². The normalized spacial score (nSPS) is 21.9. The van der Waals surface area contributed by atoms with Crippen molar-refractivity contribution in [3.63, 3.8) is 0 Å². The number of ether oxygens (including phenoxy) is 1. The van der Waals surface area contributed by atoms with E-state index in [0.29, 0.717) is 39.4 Å². The van der Waals surface area contributed by atoms with Gasteiger partial charge in [0, 0.05) is 38.3 Å². The monoisotopic (exact) mass is 353 g/mol. The van der Waals surface area contributed by atoms with Crippen LogP contribution < -0.4 is 5.32 Å². The summed E-state index contributed by atoms with van der Waals surface area (Å²) in [6.07, 6.45) is 0.0166. The van der Waals surface area contributed by atoms with Gasteiger partial charge in [0.25, 0.3) is 0 Å². The summed E-state index contributed by atoms with van der Waals surface area (Å²) < 4.78 is 32.6. The third kappa shape index (κ3) is 4.13. The van der Waals surface area contributed by atoms with Crippen molar-refractivity contribution in [1.82, 2.24) is 15.1 Å². The van der Waals surface area contributed by atoms with Crippen LogP contribution in [0.1, 0.15) is 12.0 Å². The van der Waals surface area contributed by atoms with Crippen LogP contribution in [0.3, 0.4) is 0 Å². The molecule has 2 amide bonds. The van der Waals surface area contributed by atoms with Crippen LogP contribution in [0.4, 0.5) is 8.78 Å². The third-order valence-electron chi connectivity index (χ3n) is 4.58. The number of benzene rings is 1. The highest BCUT2D eigenvalue weighted by atomic mass is 19.2. The predicted octanol–water partition coefficient (Wildman–Crippen LogP) is 0.514. The number of hydrogen-bond donors (Lipinski definition) is 1. The molecule has 0 spiro atoms. The molecule has 2 heterocycles. The van der Waals surface area contributed by atoms with E-state index in [0.717, 1.165) is 6.07 Å². The molecule has 1 atom stereocenters. The number of nitrogens with one attached hydrogen (secondary N) is 1. The van der Waals surface area contributed by atoms with Gasteiger partial charge < -0.3 is 15.0 Å². The van der Waals surface area contributed by atoms with Crippen molar-refractivity contribution in [2.75, 3.05) is 39.4 Å². The average Bonchev–Trinajstić information content (AvgIpc) is 2.62. The van der Waals surface area contributed by atoms with E-state index in [1.165, 1.54) is 12.1 Å². The Kier molecular flexibility index (Phi) is 5.60. The summed E-state index contributed by atoms with van der Waals surface area (Å²) in [6.45, 7) is 2.96. The van der Waals surface area contributed by atoms with Gasteiger partial charge in [0.2, 0.25) is 11.8 Å². The third-order valence-corrected chi connectivity index (χ3v) is 4.58. The molecule has 2 aliphatic rings. The van der Waals surface area contributed by atoms with Crippen molar-refractivity contribution >= 4 is 11.8 Å². The van der Waals surface area contributed by atoms with E-state index in [4.69, 9.17) is 4.74 Å². The quantitative estimate of drug-likeness (QED) is 0.857. The highest BCUT2D eigenvalue weighted by Crippen LogP contribution is 2.18. The number of carbonyl (C=O) groups excluding carboxylic acids is 2. The molecule has 1 aromatic rings. The second-order valence-corrected chi connectivity index (χ2v) is 6.19. The Morgan fingerprint density at radius 2 is 2.00 bits per heavy atom. The lowest BCUT2D eigenvalue weighted by Gasteiger charge is -2.36. The van der Waals surface area contributed by atoms with Crippen LogP contribution in [0.5, 0.6) is 0 Å². The number of hydrogen-bond acceptors (Lipinski definition) is 4. The second-order valence-electron chi connectivity index (χ2n) is 6.19. The maximum Gasteiger partial charge on any atom is 0.237 e. The summed E-state index contributed by atoms with van der Waals surface area (Å²) in [5, 5.41) is 2.74. The average molecular weight is 353 g/mol. The van der Waals surface area contributed by atoms with Crippen LogP contribution in [0.2, 0.25) is 0 Å². The van der Waals surface area contributed by atoms with Crippen LogP contribution >= 0.6 is 0 Å². The largest absolute Gasteiger partial charge is 0.378 e. The number of piperazine rings is 1. The Bertz CT molecular complexity index is 650. The molecule has 25 heavy (non-hydrogen) atoms. The Balaban J connectivity index is 1.71. The summed E-state index contributed by atoms with van der Waals surface area (Å²) >= 11 is 0. The molecule has 2 fully saturated rings. The number of halogens is 2. The summed E-state index contributed by atoms with van der Waals surface area (Å²) in [4.78, 5) is 28.1. The molecule has 8 heteroatoms. The first kappa shape index (κ1) is 17.8. The van der Waals surface area contributed by atoms with E-state index in [2.05, 4.69) is 5.32 Å². The van der Waals surface area contributed by atoms with Crippen molar-refractivity contribution in [3.8, 4) is 0 Å². The van der Waals surface area contributed by atoms with Crippen LogP contribution in [-0.2, 0) is 20.9 Å². The summed E-state index contributed by atoms with van der Waals surface area (Å²) in [6, 6.07) is 3.30. The molecule has 136 valence electrons. The van der Waals surface area contributed by atoms with Crippen molar-refractivity contribution in [2.45, 2.75) is 19.0 Å². The molecule has 0 bridgehead atoms. The Morgan fingerprint density at radius 1 is 1.24 bits per heavy atom. The van der Waals surface area contributed by atoms with Crippen LogP contribution in [0.25, 0.3) is 0 Å². The van der Waals surface area contributed by atoms with Crippen molar-refractivity contribution in [2.24, 2.45) is 0 Å². The highest BCUT2D eigenvalue weighted by molar-refractivity contribution is 5.88. The Morgan fingerprint density at radius 3 is 2.76 bits per heavy atom. The Hall–Kier alpha value is -2.06. The molecular formula is C17H21F2N3O3. The molecule has 1 aromatic carbocycles. The van der Waals surface area contributed by atoms with Crippen molar-refractivity contribution in [3.05, 3.63) is 35.4 Å². The first-order valence-electron chi connectivity index (χ1n) is 8.36. The molecule has 3 rings (SSSR count). The molecule has 6 nitrogen and oxygen atoms in total. The minimum atomic E-state index is -0.917. The van der Waals surface area contributed by atoms with Crippen LogP contribution in [0, 0.1) is 11.6 Å². The fraction of sp³-hybridized carbons (Fsp3) is 0.529. The van der Waals surface area contributed by atoms with Crippen molar-refractivity contribution in [1.29, 1.82) is 0 Å². The van der Waals surface area contributed by atoms with Gasteiger partial charge in [-0.25, -0.2) is 8.78 Å². The van der Waals surface area contributed by atoms with Gasteiger partial charge in [0.1, 0.15) is 0 Å². The van der Waals surface area contributed by atoms with Crippen LogP contribution in [-0.4, -0.2) is 67.0 Å². The van der Waals surface area contributed by atoms with Gasteiger partial charge in [0.15, 0.2) is 11.6 Å². The lowest BCUT2D eigenvalue weighted by atomic mass is 10.1. The first-order chi connectivity index (χ1) is 12.1. The zero-order valence-corrected chi connectivity index (χ0v) is 13.8.